The number of rotatable bonds is 5. The fraction of sp³-hybridized carbons (Fsp3) is 0.412. The van der Waals surface area contributed by atoms with Crippen LogP contribution >= 0.6 is 11.6 Å². The Kier molecular flexibility index (Phi) is 4.75. The molecule has 1 amide bonds. The third-order valence-electron chi connectivity index (χ3n) is 4.52. The predicted molar refractivity (Wildman–Crippen MR) is 96.8 cm³/mol. The molecule has 2 N–H and O–H groups in total. The van der Waals surface area contributed by atoms with E-state index in [2.05, 4.69) is 30.4 Å². The maximum absolute atomic E-state index is 12.2. The molecular formula is C17H19ClN6O2. The second-order valence-electron chi connectivity index (χ2n) is 6.48. The fourth-order valence-electron chi connectivity index (χ4n) is 3.26. The number of fused-ring (bicyclic) bond motifs is 1. The molecule has 26 heavy (non-hydrogen) atoms. The SMILES string of the molecule is O=C(CC1CCCN(c2nc3ccc(Cl)cc3o2)C1)NCc1ncn[nH]1. The zero-order chi connectivity index (χ0) is 17.9. The Morgan fingerprint density at radius 1 is 1.46 bits per heavy atom. The molecule has 1 atom stereocenters. The second-order valence-corrected chi connectivity index (χ2v) is 6.91. The van der Waals surface area contributed by atoms with E-state index in [1.54, 1.807) is 12.1 Å². The van der Waals surface area contributed by atoms with Crippen LogP contribution in [0.5, 0.6) is 0 Å². The molecule has 1 aromatic carbocycles. The van der Waals surface area contributed by atoms with Gasteiger partial charge in [0.25, 0.3) is 6.01 Å². The van der Waals surface area contributed by atoms with Crippen molar-refractivity contribution < 1.29 is 9.21 Å². The number of oxazole rings is 1. The van der Waals surface area contributed by atoms with Crippen LogP contribution in [0.2, 0.25) is 5.02 Å². The predicted octanol–water partition coefficient (Wildman–Crippen LogP) is 2.52. The zero-order valence-corrected chi connectivity index (χ0v) is 14.9. The van der Waals surface area contributed by atoms with E-state index in [0.717, 1.165) is 31.4 Å². The van der Waals surface area contributed by atoms with Crippen molar-refractivity contribution in [2.45, 2.75) is 25.8 Å². The second kappa shape index (κ2) is 7.33. The number of carbonyl (C=O) groups excluding carboxylic acids is 1. The van der Waals surface area contributed by atoms with E-state index in [0.29, 0.717) is 35.4 Å². The van der Waals surface area contributed by atoms with Crippen molar-refractivity contribution in [1.29, 1.82) is 0 Å². The topological polar surface area (TPSA) is 99.9 Å². The number of nitrogens with zero attached hydrogens (tertiary/aromatic N) is 4. The van der Waals surface area contributed by atoms with Gasteiger partial charge in [0.05, 0.1) is 6.54 Å². The molecule has 1 fully saturated rings. The van der Waals surface area contributed by atoms with Crippen molar-refractivity contribution in [1.82, 2.24) is 25.5 Å². The van der Waals surface area contributed by atoms with E-state index in [1.807, 2.05) is 6.07 Å². The summed E-state index contributed by atoms with van der Waals surface area (Å²) in [6, 6.07) is 6.01. The number of H-pyrrole nitrogens is 1. The summed E-state index contributed by atoms with van der Waals surface area (Å²) in [5.41, 5.74) is 1.47. The number of nitrogens with one attached hydrogen (secondary N) is 2. The van der Waals surface area contributed by atoms with Crippen LogP contribution in [-0.4, -0.2) is 39.2 Å². The van der Waals surface area contributed by atoms with Crippen molar-refractivity contribution in [2.75, 3.05) is 18.0 Å². The van der Waals surface area contributed by atoms with Gasteiger partial charge in [0.2, 0.25) is 5.91 Å². The van der Waals surface area contributed by atoms with E-state index in [4.69, 9.17) is 16.0 Å². The molecule has 136 valence electrons. The molecule has 1 aliphatic rings. The number of piperidine rings is 1. The zero-order valence-electron chi connectivity index (χ0n) is 14.1. The molecule has 8 nitrogen and oxygen atoms in total. The van der Waals surface area contributed by atoms with Crippen molar-refractivity contribution in [3.63, 3.8) is 0 Å². The highest BCUT2D eigenvalue weighted by Crippen LogP contribution is 2.28. The minimum atomic E-state index is 0.0117. The van der Waals surface area contributed by atoms with Crippen LogP contribution < -0.4 is 10.2 Å². The number of carbonyl (C=O) groups is 1. The molecule has 4 rings (SSSR count). The molecular weight excluding hydrogens is 356 g/mol. The van der Waals surface area contributed by atoms with Gasteiger partial charge in [-0.25, -0.2) is 4.98 Å². The van der Waals surface area contributed by atoms with Crippen LogP contribution in [0.1, 0.15) is 25.1 Å². The van der Waals surface area contributed by atoms with E-state index < -0.39 is 0 Å². The lowest BCUT2D eigenvalue weighted by Crippen LogP contribution is -2.38. The van der Waals surface area contributed by atoms with Gasteiger partial charge in [-0.15, -0.1) is 0 Å². The molecule has 1 unspecified atom stereocenters. The molecule has 2 aromatic heterocycles. The van der Waals surface area contributed by atoms with Gasteiger partial charge in [-0.3, -0.25) is 9.89 Å². The molecule has 9 heteroatoms. The Balaban J connectivity index is 1.36. The van der Waals surface area contributed by atoms with Gasteiger partial charge in [0, 0.05) is 30.6 Å². The van der Waals surface area contributed by atoms with Crippen molar-refractivity contribution in [3.8, 4) is 0 Å². The van der Waals surface area contributed by atoms with Gasteiger partial charge < -0.3 is 14.6 Å². The first-order valence-corrected chi connectivity index (χ1v) is 8.97. The summed E-state index contributed by atoms with van der Waals surface area (Å²) < 4.78 is 5.85. The number of amides is 1. The van der Waals surface area contributed by atoms with Crippen LogP contribution in [0.4, 0.5) is 6.01 Å². The van der Waals surface area contributed by atoms with E-state index in [-0.39, 0.29) is 11.8 Å². The number of aromatic amines is 1. The van der Waals surface area contributed by atoms with Crippen LogP contribution in [0.15, 0.2) is 28.9 Å². The molecule has 0 radical (unpaired) electrons. The Labute approximate surface area is 154 Å². The highest BCUT2D eigenvalue weighted by molar-refractivity contribution is 6.31. The Bertz CT molecular complexity index is 894. The molecule has 0 saturated carbocycles. The van der Waals surface area contributed by atoms with Crippen LogP contribution in [-0.2, 0) is 11.3 Å². The summed E-state index contributed by atoms with van der Waals surface area (Å²) in [4.78, 5) is 22.8. The average molecular weight is 375 g/mol. The Morgan fingerprint density at radius 3 is 3.23 bits per heavy atom. The van der Waals surface area contributed by atoms with Crippen molar-refractivity contribution >= 4 is 34.6 Å². The fourth-order valence-corrected chi connectivity index (χ4v) is 3.42. The number of halogens is 1. The third-order valence-corrected chi connectivity index (χ3v) is 4.76. The average Bonchev–Trinajstić information content (AvgIpc) is 3.29. The molecule has 1 saturated heterocycles. The van der Waals surface area contributed by atoms with Gasteiger partial charge in [0.15, 0.2) is 5.58 Å². The van der Waals surface area contributed by atoms with Crippen molar-refractivity contribution in [3.05, 3.63) is 35.4 Å². The van der Waals surface area contributed by atoms with Crippen LogP contribution in [0, 0.1) is 5.92 Å². The molecule has 0 spiro atoms. The molecule has 3 aromatic rings. The first-order chi connectivity index (χ1) is 12.7. The maximum Gasteiger partial charge on any atom is 0.298 e. The quantitative estimate of drug-likeness (QED) is 0.711. The summed E-state index contributed by atoms with van der Waals surface area (Å²) in [7, 11) is 0. The lowest BCUT2D eigenvalue weighted by Gasteiger charge is -2.31. The highest BCUT2D eigenvalue weighted by Gasteiger charge is 2.25. The summed E-state index contributed by atoms with van der Waals surface area (Å²) in [5, 5.41) is 9.99. The lowest BCUT2D eigenvalue weighted by molar-refractivity contribution is -0.122. The monoisotopic (exact) mass is 374 g/mol. The van der Waals surface area contributed by atoms with Gasteiger partial charge in [-0.1, -0.05) is 11.6 Å². The number of hydrogen-bond donors (Lipinski definition) is 2. The Hall–Kier alpha value is -2.61. The summed E-state index contributed by atoms with van der Waals surface area (Å²) in [5.74, 6) is 0.920. The van der Waals surface area contributed by atoms with Gasteiger partial charge in [0.1, 0.15) is 17.7 Å². The van der Waals surface area contributed by atoms with Crippen molar-refractivity contribution in [2.24, 2.45) is 5.92 Å². The number of aromatic nitrogens is 4. The van der Waals surface area contributed by atoms with E-state index in [1.165, 1.54) is 6.33 Å². The van der Waals surface area contributed by atoms with Crippen LogP contribution in [0.3, 0.4) is 0 Å². The largest absolute Gasteiger partial charge is 0.423 e. The minimum Gasteiger partial charge on any atom is -0.423 e. The maximum atomic E-state index is 12.2. The standard InChI is InChI=1S/C17H19ClN6O2/c18-12-3-4-13-14(7-12)26-17(22-13)24-5-1-2-11(9-24)6-16(25)19-8-15-20-10-21-23-15/h3-4,7,10-11H,1-2,5-6,8-9H2,(H,19,25)(H,20,21,23). The summed E-state index contributed by atoms with van der Waals surface area (Å²) in [6.07, 6.45) is 3.91. The van der Waals surface area contributed by atoms with Gasteiger partial charge in [-0.05, 0) is 30.9 Å². The molecule has 0 bridgehead atoms. The van der Waals surface area contributed by atoms with Crippen LogP contribution in [0.25, 0.3) is 11.1 Å². The van der Waals surface area contributed by atoms with Gasteiger partial charge >= 0.3 is 0 Å². The molecule has 3 heterocycles. The number of benzene rings is 1. The minimum absolute atomic E-state index is 0.0117. The summed E-state index contributed by atoms with van der Waals surface area (Å²) in [6.45, 7) is 1.98. The molecule has 0 aliphatic carbocycles. The first-order valence-electron chi connectivity index (χ1n) is 8.59. The van der Waals surface area contributed by atoms with Gasteiger partial charge in [-0.2, -0.15) is 10.1 Å². The van der Waals surface area contributed by atoms with E-state index in [9.17, 15) is 4.79 Å². The summed E-state index contributed by atoms with van der Waals surface area (Å²) >= 11 is 6.00. The third kappa shape index (κ3) is 3.80. The lowest BCUT2D eigenvalue weighted by atomic mass is 9.94. The van der Waals surface area contributed by atoms with E-state index >= 15 is 0 Å². The number of anilines is 1. The smallest absolute Gasteiger partial charge is 0.298 e. The number of hydrogen-bond acceptors (Lipinski definition) is 6. The molecule has 1 aliphatic heterocycles. The first kappa shape index (κ1) is 16.8. The highest BCUT2D eigenvalue weighted by atomic mass is 35.5. The normalized spacial score (nSPS) is 17.6. The Morgan fingerprint density at radius 2 is 2.38 bits per heavy atom.